The first-order valence-corrected chi connectivity index (χ1v) is 3.87. The third-order valence-corrected chi connectivity index (χ3v) is 1.71. The Morgan fingerprint density at radius 3 is 2.36 bits per heavy atom. The van der Waals surface area contributed by atoms with E-state index in [1.165, 1.54) is 0 Å². The third-order valence-electron chi connectivity index (χ3n) is 1.71. The van der Waals surface area contributed by atoms with Gasteiger partial charge in [0.25, 0.3) is 0 Å². The molecule has 1 aromatic rings. The van der Waals surface area contributed by atoms with Crippen molar-refractivity contribution in [1.29, 1.82) is 5.53 Å². The molecule has 4 heteroatoms. The number of hydrogen-bond acceptors (Lipinski definition) is 3. The molecule has 14 heavy (non-hydrogen) atoms. The lowest BCUT2D eigenvalue weighted by Gasteiger charge is -1.99. The minimum Gasteiger partial charge on any atom is -0.538 e. The molecule has 70 valence electrons. The summed E-state index contributed by atoms with van der Waals surface area (Å²) in [7, 11) is 0. The number of carboxylic acids is 1. The molecule has 0 aliphatic carbocycles. The maximum atomic E-state index is 10.5. The summed E-state index contributed by atoms with van der Waals surface area (Å²) in [4.78, 5) is 13.4. The Kier molecular flexibility index (Phi) is 2.94. The highest BCUT2D eigenvalue weighted by molar-refractivity contribution is 6.50. The SMILES string of the molecule is C=C(C(=[N+]=N)C(=O)[O-])c1ccccc1. The van der Waals surface area contributed by atoms with Crippen LogP contribution in [0.4, 0.5) is 0 Å². The monoisotopic (exact) mass is 188 g/mol. The lowest BCUT2D eigenvalue weighted by Crippen LogP contribution is -2.32. The first-order valence-electron chi connectivity index (χ1n) is 3.87. The van der Waals surface area contributed by atoms with Crippen molar-refractivity contribution >= 4 is 17.3 Å². The average Bonchev–Trinajstić information content (AvgIpc) is 2.19. The molecule has 1 aromatic carbocycles. The quantitative estimate of drug-likeness (QED) is 0.415. The van der Waals surface area contributed by atoms with Gasteiger partial charge in [0.05, 0.1) is 15.9 Å². The molecular formula is C10H8N2O2. The van der Waals surface area contributed by atoms with Crippen LogP contribution < -0.4 is 5.11 Å². The van der Waals surface area contributed by atoms with Gasteiger partial charge in [-0.2, -0.15) is 0 Å². The number of carboxylic acid groups (broad SMARTS) is 1. The van der Waals surface area contributed by atoms with E-state index >= 15 is 0 Å². The fourth-order valence-corrected chi connectivity index (χ4v) is 1.01. The summed E-state index contributed by atoms with van der Waals surface area (Å²) in [6, 6.07) is 8.68. The molecule has 0 spiro atoms. The summed E-state index contributed by atoms with van der Waals surface area (Å²) in [6.45, 7) is 3.55. The lowest BCUT2D eigenvalue weighted by molar-refractivity contribution is -0.298. The predicted octanol–water partition coefficient (Wildman–Crippen LogP) is 0.130. The van der Waals surface area contributed by atoms with Crippen LogP contribution in [0.5, 0.6) is 0 Å². The van der Waals surface area contributed by atoms with Gasteiger partial charge in [0.1, 0.15) is 0 Å². The Balaban J connectivity index is 3.09. The molecule has 0 fully saturated rings. The summed E-state index contributed by atoms with van der Waals surface area (Å²) < 4.78 is 0. The molecule has 0 aliphatic heterocycles. The van der Waals surface area contributed by atoms with E-state index in [-0.39, 0.29) is 5.57 Å². The Bertz CT molecular complexity index is 417. The highest BCUT2D eigenvalue weighted by Gasteiger charge is 2.18. The second-order valence-electron chi connectivity index (χ2n) is 2.59. The number of aliphatic carboxylic acids is 1. The van der Waals surface area contributed by atoms with Crippen LogP contribution in [0.25, 0.3) is 5.57 Å². The van der Waals surface area contributed by atoms with E-state index in [1.807, 2.05) is 0 Å². The summed E-state index contributed by atoms with van der Waals surface area (Å²) in [5.74, 6) is -1.49. The van der Waals surface area contributed by atoms with Crippen LogP contribution in [-0.4, -0.2) is 16.5 Å². The summed E-state index contributed by atoms with van der Waals surface area (Å²) in [6.07, 6.45) is 0. The first kappa shape index (κ1) is 9.89. The Hall–Kier alpha value is -2.19. The van der Waals surface area contributed by atoms with Crippen LogP contribution in [0, 0.1) is 5.53 Å². The number of hydrogen-bond donors (Lipinski definition) is 1. The zero-order valence-corrected chi connectivity index (χ0v) is 7.36. The van der Waals surface area contributed by atoms with E-state index in [4.69, 9.17) is 5.53 Å². The molecular weight excluding hydrogens is 180 g/mol. The largest absolute Gasteiger partial charge is 0.538 e. The third kappa shape index (κ3) is 1.94. The van der Waals surface area contributed by atoms with E-state index < -0.39 is 11.7 Å². The highest BCUT2D eigenvalue weighted by Crippen LogP contribution is 2.11. The predicted molar refractivity (Wildman–Crippen MR) is 48.5 cm³/mol. The second kappa shape index (κ2) is 4.16. The number of carbonyl (C=O) groups is 1. The molecule has 0 bridgehead atoms. The highest BCUT2D eigenvalue weighted by atomic mass is 16.4. The van der Waals surface area contributed by atoms with Crippen LogP contribution in [0.3, 0.4) is 0 Å². The van der Waals surface area contributed by atoms with Gasteiger partial charge in [-0.3, -0.25) is 0 Å². The lowest BCUT2D eigenvalue weighted by atomic mass is 10.0. The molecule has 1 rings (SSSR count). The van der Waals surface area contributed by atoms with Crippen molar-refractivity contribution in [2.45, 2.75) is 0 Å². The molecule has 4 nitrogen and oxygen atoms in total. The molecule has 0 atom stereocenters. The zero-order chi connectivity index (χ0) is 10.6. The van der Waals surface area contributed by atoms with Crippen molar-refractivity contribution in [3.63, 3.8) is 0 Å². The molecule has 0 saturated carbocycles. The standard InChI is InChI=1S/C10H8N2O2/c1-7(9(12-11)10(13)14)8-5-3-2-4-6-8/h2-6,11H,1H2. The van der Waals surface area contributed by atoms with Crippen molar-refractivity contribution in [2.24, 2.45) is 0 Å². The number of benzene rings is 1. The van der Waals surface area contributed by atoms with E-state index in [1.54, 1.807) is 30.3 Å². The normalized spacial score (nSPS) is 8.86. The van der Waals surface area contributed by atoms with E-state index in [9.17, 15) is 9.90 Å². The van der Waals surface area contributed by atoms with Gasteiger partial charge < -0.3 is 9.90 Å². The Morgan fingerprint density at radius 1 is 1.36 bits per heavy atom. The molecule has 0 radical (unpaired) electrons. The average molecular weight is 188 g/mol. The molecule has 0 aromatic heterocycles. The number of rotatable bonds is 3. The van der Waals surface area contributed by atoms with Crippen LogP contribution in [0.2, 0.25) is 0 Å². The summed E-state index contributed by atoms with van der Waals surface area (Å²) in [5.41, 5.74) is 7.02. The van der Waals surface area contributed by atoms with Gasteiger partial charge in [0.2, 0.25) is 0 Å². The maximum absolute atomic E-state index is 10.5. The summed E-state index contributed by atoms with van der Waals surface area (Å²) in [5, 5.41) is 10.5. The van der Waals surface area contributed by atoms with Crippen LogP contribution >= 0.6 is 0 Å². The Labute approximate surface area is 80.7 Å². The van der Waals surface area contributed by atoms with E-state index in [0.29, 0.717) is 5.56 Å². The minimum atomic E-state index is -1.49. The van der Waals surface area contributed by atoms with Crippen molar-refractivity contribution in [3.05, 3.63) is 42.5 Å². The molecule has 0 amide bonds. The van der Waals surface area contributed by atoms with Gasteiger partial charge in [0.15, 0.2) is 5.97 Å². The van der Waals surface area contributed by atoms with E-state index in [2.05, 4.69) is 11.4 Å². The van der Waals surface area contributed by atoms with Crippen molar-refractivity contribution in [2.75, 3.05) is 0 Å². The van der Waals surface area contributed by atoms with Crippen molar-refractivity contribution < 1.29 is 14.7 Å². The second-order valence-corrected chi connectivity index (χ2v) is 2.59. The van der Waals surface area contributed by atoms with Gasteiger partial charge in [-0.1, -0.05) is 36.9 Å². The van der Waals surface area contributed by atoms with Crippen molar-refractivity contribution in [1.82, 2.24) is 0 Å². The Morgan fingerprint density at radius 2 is 1.93 bits per heavy atom. The van der Waals surface area contributed by atoms with E-state index in [0.717, 1.165) is 0 Å². The molecule has 1 N–H and O–H groups in total. The maximum Gasteiger partial charge on any atom is 0.394 e. The molecule has 0 saturated heterocycles. The number of nitrogens with one attached hydrogen (secondary N) is 1. The molecule has 0 heterocycles. The number of nitrogens with zero attached hydrogens (tertiary/aromatic N) is 1. The molecule has 0 unspecified atom stereocenters. The van der Waals surface area contributed by atoms with Crippen molar-refractivity contribution in [3.8, 4) is 0 Å². The van der Waals surface area contributed by atoms with Gasteiger partial charge >= 0.3 is 5.71 Å². The van der Waals surface area contributed by atoms with Gasteiger partial charge in [-0.15, -0.1) is 0 Å². The zero-order valence-electron chi connectivity index (χ0n) is 7.36. The minimum absolute atomic E-state index is 0.181. The van der Waals surface area contributed by atoms with Crippen LogP contribution in [0.15, 0.2) is 36.9 Å². The number of carbonyl (C=O) groups excluding carboxylic acids is 1. The first-order chi connectivity index (χ1) is 6.66. The smallest absolute Gasteiger partial charge is 0.394 e. The van der Waals surface area contributed by atoms with Gasteiger partial charge in [0, 0.05) is 0 Å². The fourth-order valence-electron chi connectivity index (χ4n) is 1.01. The molecule has 0 aliphatic rings. The van der Waals surface area contributed by atoms with Gasteiger partial charge in [-0.05, 0) is 5.56 Å². The van der Waals surface area contributed by atoms with Crippen LogP contribution in [-0.2, 0) is 4.79 Å². The van der Waals surface area contributed by atoms with Gasteiger partial charge in [-0.25, -0.2) is 0 Å². The fraction of sp³-hybridized carbons (Fsp3) is 0. The summed E-state index contributed by atoms with van der Waals surface area (Å²) >= 11 is 0. The topological polar surface area (TPSA) is 78.1 Å². The van der Waals surface area contributed by atoms with Crippen LogP contribution in [0.1, 0.15) is 5.56 Å².